The molecule has 0 spiro atoms. The number of hydrogen-bond acceptors (Lipinski definition) is 2. The largest absolute Gasteiger partial charge is 0.387 e. The Balaban J connectivity index is 2.85. The third-order valence-corrected chi connectivity index (χ3v) is 2.97. The van der Waals surface area contributed by atoms with Crippen LogP contribution in [-0.2, 0) is 0 Å². The Kier molecular flexibility index (Phi) is 2.70. The average Bonchev–Trinajstić information content (AvgIpc) is 2.55. The molecule has 1 nitrogen and oxygen atoms in total. The summed E-state index contributed by atoms with van der Waals surface area (Å²) >= 11 is 1.58. The Labute approximate surface area is 77.4 Å². The van der Waals surface area contributed by atoms with Crippen LogP contribution in [0.4, 0.5) is 0 Å². The van der Waals surface area contributed by atoms with Gasteiger partial charge in [0.05, 0.1) is 6.10 Å². The lowest BCUT2D eigenvalue weighted by molar-refractivity contribution is 0.0855. The van der Waals surface area contributed by atoms with Crippen LogP contribution in [0.2, 0.25) is 0 Å². The maximum atomic E-state index is 9.88. The molecule has 0 aliphatic rings. The van der Waals surface area contributed by atoms with Crippen LogP contribution in [0, 0.1) is 5.41 Å². The van der Waals surface area contributed by atoms with Crippen LogP contribution in [0.5, 0.6) is 0 Å². The summed E-state index contributed by atoms with van der Waals surface area (Å²) in [6, 6.07) is 3.89. The summed E-state index contributed by atoms with van der Waals surface area (Å²) in [5.41, 5.74) is -0.245. The second-order valence-corrected chi connectivity index (χ2v) is 4.42. The second-order valence-electron chi connectivity index (χ2n) is 3.44. The molecular formula is C10H14OS. The predicted octanol–water partition coefficient (Wildman–Crippen LogP) is 2.99. The summed E-state index contributed by atoms with van der Waals surface area (Å²) in [4.78, 5) is 1.000. The van der Waals surface area contributed by atoms with Crippen LogP contribution in [0.25, 0.3) is 0 Å². The molecule has 0 aromatic carbocycles. The van der Waals surface area contributed by atoms with E-state index in [1.807, 2.05) is 31.4 Å². The molecule has 0 saturated carbocycles. The van der Waals surface area contributed by atoms with Crippen LogP contribution in [-0.4, -0.2) is 5.11 Å². The number of hydrogen-bond donors (Lipinski definition) is 1. The highest BCUT2D eigenvalue weighted by Gasteiger charge is 2.26. The van der Waals surface area contributed by atoms with E-state index in [4.69, 9.17) is 0 Å². The van der Waals surface area contributed by atoms with Crippen molar-refractivity contribution in [2.75, 3.05) is 0 Å². The molecule has 1 aromatic rings. The molecule has 0 bridgehead atoms. The van der Waals surface area contributed by atoms with Crippen molar-refractivity contribution in [3.05, 3.63) is 35.0 Å². The number of rotatable bonds is 3. The molecule has 0 radical (unpaired) electrons. The summed E-state index contributed by atoms with van der Waals surface area (Å²) in [6.45, 7) is 7.66. The van der Waals surface area contributed by atoms with Gasteiger partial charge in [0.15, 0.2) is 0 Å². The van der Waals surface area contributed by atoms with Crippen molar-refractivity contribution in [1.82, 2.24) is 0 Å². The van der Waals surface area contributed by atoms with Crippen molar-refractivity contribution in [2.24, 2.45) is 5.41 Å². The van der Waals surface area contributed by atoms with Crippen LogP contribution in [0.1, 0.15) is 24.8 Å². The maximum absolute atomic E-state index is 9.88. The van der Waals surface area contributed by atoms with E-state index >= 15 is 0 Å². The first-order valence-electron chi connectivity index (χ1n) is 3.93. The van der Waals surface area contributed by atoms with Crippen molar-refractivity contribution in [2.45, 2.75) is 20.0 Å². The van der Waals surface area contributed by atoms with Gasteiger partial charge in [-0.1, -0.05) is 26.0 Å². The molecule has 1 N–H and O–H groups in total. The van der Waals surface area contributed by atoms with Gasteiger partial charge in [-0.25, -0.2) is 0 Å². The lowest BCUT2D eigenvalue weighted by atomic mass is 9.86. The Bertz CT molecular complexity index is 249. The Morgan fingerprint density at radius 1 is 1.67 bits per heavy atom. The predicted molar refractivity (Wildman–Crippen MR) is 53.3 cm³/mol. The van der Waals surface area contributed by atoms with Gasteiger partial charge in [0.1, 0.15) is 0 Å². The molecule has 1 rings (SSSR count). The Morgan fingerprint density at radius 2 is 2.33 bits per heavy atom. The van der Waals surface area contributed by atoms with Gasteiger partial charge in [-0.2, -0.15) is 0 Å². The lowest BCUT2D eigenvalue weighted by Crippen LogP contribution is -2.17. The van der Waals surface area contributed by atoms with E-state index in [1.54, 1.807) is 17.4 Å². The number of aliphatic hydroxyl groups excluding tert-OH is 1. The Hall–Kier alpha value is -0.600. The van der Waals surface area contributed by atoms with Crippen molar-refractivity contribution in [3.63, 3.8) is 0 Å². The maximum Gasteiger partial charge on any atom is 0.0966 e. The van der Waals surface area contributed by atoms with Crippen LogP contribution >= 0.6 is 11.3 Å². The van der Waals surface area contributed by atoms with Crippen LogP contribution in [0.3, 0.4) is 0 Å². The summed E-state index contributed by atoms with van der Waals surface area (Å²) in [5.74, 6) is 0. The minimum Gasteiger partial charge on any atom is -0.387 e. The molecule has 2 heteroatoms. The van der Waals surface area contributed by atoms with Crippen LogP contribution in [0.15, 0.2) is 30.2 Å². The van der Waals surface area contributed by atoms with E-state index in [0.717, 1.165) is 4.88 Å². The zero-order chi connectivity index (χ0) is 9.19. The molecule has 0 amide bonds. The molecule has 1 heterocycles. The molecule has 0 saturated heterocycles. The molecule has 0 aliphatic carbocycles. The molecule has 1 atom stereocenters. The van der Waals surface area contributed by atoms with Crippen molar-refractivity contribution in [3.8, 4) is 0 Å². The summed E-state index contributed by atoms with van der Waals surface area (Å²) in [5, 5.41) is 11.8. The quantitative estimate of drug-likeness (QED) is 0.712. The van der Waals surface area contributed by atoms with E-state index in [2.05, 4.69) is 6.58 Å². The highest BCUT2D eigenvalue weighted by molar-refractivity contribution is 7.10. The van der Waals surface area contributed by atoms with Crippen molar-refractivity contribution < 1.29 is 5.11 Å². The highest BCUT2D eigenvalue weighted by Crippen LogP contribution is 2.35. The zero-order valence-corrected chi connectivity index (χ0v) is 8.27. The number of thiophene rings is 1. The number of aliphatic hydroxyl groups is 1. The highest BCUT2D eigenvalue weighted by atomic mass is 32.1. The first kappa shape index (κ1) is 9.49. The van der Waals surface area contributed by atoms with Crippen molar-refractivity contribution >= 4 is 11.3 Å². The van der Waals surface area contributed by atoms with E-state index in [1.165, 1.54) is 0 Å². The van der Waals surface area contributed by atoms with Gasteiger partial charge in [-0.3, -0.25) is 0 Å². The fourth-order valence-corrected chi connectivity index (χ4v) is 1.83. The molecule has 66 valence electrons. The minimum absolute atomic E-state index is 0.245. The first-order valence-corrected chi connectivity index (χ1v) is 4.81. The molecule has 1 aromatic heterocycles. The summed E-state index contributed by atoms with van der Waals surface area (Å²) < 4.78 is 0. The van der Waals surface area contributed by atoms with Crippen LogP contribution < -0.4 is 0 Å². The van der Waals surface area contributed by atoms with E-state index < -0.39 is 6.10 Å². The molecule has 1 unspecified atom stereocenters. The third-order valence-electron chi connectivity index (χ3n) is 2.04. The van der Waals surface area contributed by atoms with E-state index in [0.29, 0.717) is 0 Å². The molecule has 0 aliphatic heterocycles. The topological polar surface area (TPSA) is 20.2 Å². The first-order chi connectivity index (χ1) is 5.58. The smallest absolute Gasteiger partial charge is 0.0966 e. The SMILES string of the molecule is C=CC(C)(C)C(O)c1cccs1. The average molecular weight is 182 g/mol. The normalized spacial score (nSPS) is 14.2. The standard InChI is InChI=1S/C10H14OS/c1-4-10(2,3)9(11)8-6-5-7-12-8/h4-7,9,11H,1H2,2-3H3. The zero-order valence-electron chi connectivity index (χ0n) is 7.45. The van der Waals surface area contributed by atoms with Gasteiger partial charge >= 0.3 is 0 Å². The molecule has 0 fully saturated rings. The van der Waals surface area contributed by atoms with Gasteiger partial charge in [0.2, 0.25) is 0 Å². The van der Waals surface area contributed by atoms with Gasteiger partial charge in [-0.05, 0) is 11.4 Å². The van der Waals surface area contributed by atoms with E-state index in [-0.39, 0.29) is 5.41 Å². The molecule has 12 heavy (non-hydrogen) atoms. The van der Waals surface area contributed by atoms with E-state index in [9.17, 15) is 5.11 Å². The third kappa shape index (κ3) is 1.76. The van der Waals surface area contributed by atoms with Gasteiger partial charge in [0.25, 0.3) is 0 Å². The fraction of sp³-hybridized carbons (Fsp3) is 0.400. The minimum atomic E-state index is -0.435. The van der Waals surface area contributed by atoms with Gasteiger partial charge < -0.3 is 5.11 Å². The Morgan fingerprint density at radius 3 is 2.75 bits per heavy atom. The summed E-state index contributed by atoms with van der Waals surface area (Å²) in [6.07, 6.45) is 1.35. The summed E-state index contributed by atoms with van der Waals surface area (Å²) in [7, 11) is 0. The fourth-order valence-electron chi connectivity index (χ4n) is 0.925. The molecular weight excluding hydrogens is 168 g/mol. The van der Waals surface area contributed by atoms with Crippen molar-refractivity contribution in [1.29, 1.82) is 0 Å². The van der Waals surface area contributed by atoms with Gasteiger partial charge in [-0.15, -0.1) is 17.9 Å². The monoisotopic (exact) mass is 182 g/mol. The lowest BCUT2D eigenvalue weighted by Gasteiger charge is -2.25. The second kappa shape index (κ2) is 3.42. The van der Waals surface area contributed by atoms with Gasteiger partial charge in [0, 0.05) is 10.3 Å².